The summed E-state index contributed by atoms with van der Waals surface area (Å²) in [5.74, 6) is -0.484. The predicted molar refractivity (Wildman–Crippen MR) is 107 cm³/mol. The topological polar surface area (TPSA) is 88.9 Å². The van der Waals surface area contributed by atoms with E-state index in [0.717, 1.165) is 24.0 Å². The highest BCUT2D eigenvalue weighted by molar-refractivity contribution is 6.09. The average molecular weight is 377 g/mol. The van der Waals surface area contributed by atoms with Crippen molar-refractivity contribution in [2.45, 2.75) is 19.8 Å². The van der Waals surface area contributed by atoms with Crippen LogP contribution in [0.1, 0.15) is 38.3 Å². The van der Waals surface area contributed by atoms with Crippen LogP contribution in [0.25, 0.3) is 0 Å². The molecule has 0 aliphatic heterocycles. The zero-order valence-corrected chi connectivity index (χ0v) is 16.0. The average Bonchev–Trinajstić information content (AvgIpc) is 3.12. The quantitative estimate of drug-likeness (QED) is 0.620. The summed E-state index contributed by atoms with van der Waals surface area (Å²) in [6.45, 7) is 2.40. The third kappa shape index (κ3) is 4.82. The van der Waals surface area contributed by atoms with Crippen LogP contribution in [0.4, 0.5) is 5.69 Å². The molecule has 0 bridgehead atoms. The summed E-state index contributed by atoms with van der Waals surface area (Å²) in [5, 5.41) is 9.92. The molecule has 0 unspecified atom stereocenters. The lowest BCUT2D eigenvalue weighted by molar-refractivity contribution is 0.0954. The molecule has 0 spiro atoms. The van der Waals surface area contributed by atoms with Gasteiger partial charge in [0, 0.05) is 37.7 Å². The van der Waals surface area contributed by atoms with Crippen LogP contribution in [-0.2, 0) is 13.5 Å². The maximum Gasteiger partial charge on any atom is 0.255 e. The van der Waals surface area contributed by atoms with E-state index in [0.29, 0.717) is 23.4 Å². The largest absolute Gasteiger partial charge is 0.352 e. The Morgan fingerprint density at radius 2 is 1.89 bits per heavy atom. The number of amides is 2. The van der Waals surface area contributed by atoms with Crippen molar-refractivity contribution in [1.82, 2.24) is 20.1 Å². The first-order valence-corrected chi connectivity index (χ1v) is 9.11. The Morgan fingerprint density at radius 1 is 1.11 bits per heavy atom. The van der Waals surface area contributed by atoms with Gasteiger partial charge in [0.2, 0.25) is 0 Å². The van der Waals surface area contributed by atoms with Gasteiger partial charge in [-0.2, -0.15) is 5.10 Å². The smallest absolute Gasteiger partial charge is 0.255 e. The monoisotopic (exact) mass is 377 g/mol. The Kier molecular flexibility index (Phi) is 6.16. The molecule has 144 valence electrons. The van der Waals surface area contributed by atoms with Crippen molar-refractivity contribution in [2.24, 2.45) is 7.05 Å². The molecule has 1 aromatic carbocycles. The zero-order chi connectivity index (χ0) is 19.9. The molecule has 0 atom stereocenters. The number of aromatic nitrogens is 3. The molecule has 3 aromatic rings. The van der Waals surface area contributed by atoms with E-state index in [1.54, 1.807) is 35.3 Å². The number of pyridine rings is 1. The van der Waals surface area contributed by atoms with Gasteiger partial charge in [0.1, 0.15) is 0 Å². The fourth-order valence-electron chi connectivity index (χ4n) is 2.90. The molecule has 7 nitrogen and oxygen atoms in total. The summed E-state index contributed by atoms with van der Waals surface area (Å²) >= 11 is 0. The molecule has 7 heteroatoms. The minimum Gasteiger partial charge on any atom is -0.352 e. The van der Waals surface area contributed by atoms with Crippen molar-refractivity contribution < 1.29 is 9.59 Å². The Balaban J connectivity index is 1.63. The van der Waals surface area contributed by atoms with E-state index in [2.05, 4.69) is 20.7 Å². The summed E-state index contributed by atoms with van der Waals surface area (Å²) < 4.78 is 1.76. The van der Waals surface area contributed by atoms with Crippen LogP contribution >= 0.6 is 0 Å². The summed E-state index contributed by atoms with van der Waals surface area (Å²) in [5.41, 5.74) is 3.42. The third-order valence-corrected chi connectivity index (χ3v) is 4.38. The first-order chi connectivity index (χ1) is 13.5. The molecular formula is C21H23N5O2. The van der Waals surface area contributed by atoms with E-state index < -0.39 is 0 Å². The standard InChI is InChI=1S/C21H23N5O2/c1-15-5-3-7-18(19(15)25-20(27)17-8-11-22-12-9-17)21(28)23-10-4-6-16-13-24-26(2)14-16/h3,5,7-9,11-14H,4,6,10H2,1-2H3,(H,23,28)(H,25,27). The number of benzene rings is 1. The summed E-state index contributed by atoms with van der Waals surface area (Å²) in [6, 6.07) is 8.65. The van der Waals surface area contributed by atoms with Crippen LogP contribution in [0.5, 0.6) is 0 Å². The van der Waals surface area contributed by atoms with Crippen molar-refractivity contribution >= 4 is 17.5 Å². The number of para-hydroxylation sites is 1. The van der Waals surface area contributed by atoms with Gasteiger partial charge in [-0.05, 0) is 49.1 Å². The fraction of sp³-hybridized carbons (Fsp3) is 0.238. The number of nitrogens with zero attached hydrogens (tertiary/aromatic N) is 3. The second-order valence-electron chi connectivity index (χ2n) is 6.57. The Morgan fingerprint density at radius 3 is 2.61 bits per heavy atom. The van der Waals surface area contributed by atoms with E-state index in [1.807, 2.05) is 38.5 Å². The Bertz CT molecular complexity index is 966. The number of hydrogen-bond donors (Lipinski definition) is 2. The highest BCUT2D eigenvalue weighted by Crippen LogP contribution is 2.21. The number of anilines is 1. The first-order valence-electron chi connectivity index (χ1n) is 9.11. The number of hydrogen-bond acceptors (Lipinski definition) is 4. The summed E-state index contributed by atoms with van der Waals surface area (Å²) in [4.78, 5) is 29.1. The Labute approximate surface area is 163 Å². The van der Waals surface area contributed by atoms with E-state index in [1.165, 1.54) is 0 Å². The van der Waals surface area contributed by atoms with Crippen LogP contribution in [0.3, 0.4) is 0 Å². The maximum atomic E-state index is 12.7. The molecule has 3 rings (SSSR count). The van der Waals surface area contributed by atoms with Crippen LogP contribution in [0.2, 0.25) is 0 Å². The first kappa shape index (κ1) is 19.3. The molecule has 0 radical (unpaired) electrons. The summed E-state index contributed by atoms with van der Waals surface area (Å²) in [7, 11) is 1.88. The molecule has 0 aliphatic carbocycles. The third-order valence-electron chi connectivity index (χ3n) is 4.38. The zero-order valence-electron chi connectivity index (χ0n) is 16.0. The minimum absolute atomic E-state index is 0.208. The number of carbonyl (C=O) groups excluding carboxylic acids is 2. The predicted octanol–water partition coefficient (Wildman–Crippen LogP) is 2.74. The van der Waals surface area contributed by atoms with Crippen LogP contribution in [0.15, 0.2) is 55.1 Å². The van der Waals surface area contributed by atoms with Crippen LogP contribution < -0.4 is 10.6 Å². The molecule has 28 heavy (non-hydrogen) atoms. The molecule has 0 fully saturated rings. The lowest BCUT2D eigenvalue weighted by Crippen LogP contribution is -2.26. The lowest BCUT2D eigenvalue weighted by Gasteiger charge is -2.14. The lowest BCUT2D eigenvalue weighted by atomic mass is 10.1. The van der Waals surface area contributed by atoms with Gasteiger partial charge in [0.15, 0.2) is 0 Å². The number of nitrogens with one attached hydrogen (secondary N) is 2. The number of carbonyl (C=O) groups is 2. The van der Waals surface area contributed by atoms with Crippen molar-refractivity contribution in [1.29, 1.82) is 0 Å². The molecule has 2 amide bonds. The molecule has 0 saturated carbocycles. The molecule has 0 saturated heterocycles. The van der Waals surface area contributed by atoms with Gasteiger partial charge < -0.3 is 10.6 Å². The van der Waals surface area contributed by atoms with Crippen molar-refractivity contribution in [3.05, 3.63) is 77.4 Å². The maximum absolute atomic E-state index is 12.7. The SMILES string of the molecule is Cc1cccc(C(=O)NCCCc2cnn(C)c2)c1NC(=O)c1ccncc1. The second-order valence-corrected chi connectivity index (χ2v) is 6.57. The van der Waals surface area contributed by atoms with E-state index in [4.69, 9.17) is 0 Å². The fourth-order valence-corrected chi connectivity index (χ4v) is 2.90. The molecule has 0 aliphatic rings. The number of aryl methyl sites for hydroxylation is 3. The van der Waals surface area contributed by atoms with E-state index in [9.17, 15) is 9.59 Å². The van der Waals surface area contributed by atoms with E-state index >= 15 is 0 Å². The Hall–Kier alpha value is -3.48. The number of rotatable bonds is 7. The molecule has 2 N–H and O–H groups in total. The van der Waals surface area contributed by atoms with Crippen LogP contribution in [0, 0.1) is 6.92 Å². The van der Waals surface area contributed by atoms with Crippen LogP contribution in [-0.4, -0.2) is 33.1 Å². The van der Waals surface area contributed by atoms with Crippen molar-refractivity contribution in [2.75, 3.05) is 11.9 Å². The van der Waals surface area contributed by atoms with Crippen molar-refractivity contribution in [3.8, 4) is 0 Å². The van der Waals surface area contributed by atoms with Gasteiger partial charge in [-0.15, -0.1) is 0 Å². The molecule has 2 aromatic heterocycles. The normalized spacial score (nSPS) is 10.5. The van der Waals surface area contributed by atoms with Gasteiger partial charge in [-0.1, -0.05) is 12.1 Å². The van der Waals surface area contributed by atoms with Gasteiger partial charge in [-0.3, -0.25) is 19.3 Å². The summed E-state index contributed by atoms with van der Waals surface area (Å²) in [6.07, 6.45) is 8.56. The highest BCUT2D eigenvalue weighted by Gasteiger charge is 2.16. The van der Waals surface area contributed by atoms with Crippen molar-refractivity contribution in [3.63, 3.8) is 0 Å². The van der Waals surface area contributed by atoms with Gasteiger partial charge in [0.25, 0.3) is 11.8 Å². The van der Waals surface area contributed by atoms with Gasteiger partial charge in [-0.25, -0.2) is 0 Å². The van der Waals surface area contributed by atoms with Gasteiger partial charge in [0.05, 0.1) is 17.4 Å². The van der Waals surface area contributed by atoms with E-state index in [-0.39, 0.29) is 11.8 Å². The van der Waals surface area contributed by atoms with Gasteiger partial charge >= 0.3 is 0 Å². The minimum atomic E-state index is -0.276. The second kappa shape index (κ2) is 8.94. The molecular weight excluding hydrogens is 354 g/mol. The highest BCUT2D eigenvalue weighted by atomic mass is 16.2. The molecule has 2 heterocycles.